The Morgan fingerprint density at radius 1 is 1.18 bits per heavy atom. The summed E-state index contributed by atoms with van der Waals surface area (Å²) < 4.78 is 11.7. The van der Waals surface area contributed by atoms with E-state index >= 15 is 0 Å². The van der Waals surface area contributed by atoms with E-state index in [4.69, 9.17) is 9.47 Å². The highest BCUT2D eigenvalue weighted by Crippen LogP contribution is 2.33. The number of nitrogens with one attached hydrogen (secondary N) is 1. The van der Waals surface area contributed by atoms with Gasteiger partial charge in [-0.2, -0.15) is 5.10 Å². The highest BCUT2D eigenvalue weighted by Gasteiger charge is 2.35. The molecule has 1 N–H and O–H groups in total. The summed E-state index contributed by atoms with van der Waals surface area (Å²) in [6.07, 6.45) is 2.38. The van der Waals surface area contributed by atoms with Crippen molar-refractivity contribution in [3.63, 3.8) is 0 Å². The first-order valence-corrected chi connectivity index (χ1v) is 9.98. The zero-order valence-corrected chi connectivity index (χ0v) is 15.9. The maximum atomic E-state index is 12.6. The molecule has 146 valence electrons. The van der Waals surface area contributed by atoms with Gasteiger partial charge in [0.15, 0.2) is 17.3 Å². The predicted molar refractivity (Wildman–Crippen MR) is 104 cm³/mol. The molecule has 7 nitrogen and oxygen atoms in total. The van der Waals surface area contributed by atoms with Crippen molar-refractivity contribution < 1.29 is 14.3 Å². The van der Waals surface area contributed by atoms with Crippen LogP contribution in [0.25, 0.3) is 0 Å². The van der Waals surface area contributed by atoms with Gasteiger partial charge >= 0.3 is 0 Å². The monoisotopic (exact) mass is 380 g/mol. The van der Waals surface area contributed by atoms with Gasteiger partial charge in [-0.25, -0.2) is 0 Å². The summed E-state index contributed by atoms with van der Waals surface area (Å²) in [7, 11) is 0. The first kappa shape index (κ1) is 17.3. The number of carbonyl (C=O) groups excluding carboxylic acids is 1. The molecule has 3 aliphatic rings. The van der Waals surface area contributed by atoms with E-state index in [9.17, 15) is 4.79 Å². The second kappa shape index (κ2) is 6.96. The van der Waals surface area contributed by atoms with Gasteiger partial charge in [0, 0.05) is 25.6 Å². The number of para-hydroxylation sites is 2. The fraction of sp³-hybridized carbons (Fsp3) is 0.476. The number of benzene rings is 1. The summed E-state index contributed by atoms with van der Waals surface area (Å²) in [6, 6.07) is 9.62. The summed E-state index contributed by atoms with van der Waals surface area (Å²) in [6.45, 7) is 4.25. The maximum Gasteiger partial charge on any atom is 0.265 e. The highest BCUT2D eigenvalue weighted by molar-refractivity contribution is 5.82. The van der Waals surface area contributed by atoms with Gasteiger partial charge in [-0.1, -0.05) is 12.1 Å². The van der Waals surface area contributed by atoms with E-state index in [0.717, 1.165) is 37.4 Å². The van der Waals surface area contributed by atoms with Crippen LogP contribution in [0.4, 0.5) is 5.82 Å². The van der Waals surface area contributed by atoms with Crippen LogP contribution in [0.15, 0.2) is 30.3 Å². The molecule has 1 aromatic heterocycles. The number of amides is 1. The lowest BCUT2D eigenvalue weighted by molar-refractivity contribution is -0.133. The summed E-state index contributed by atoms with van der Waals surface area (Å²) in [5, 5.41) is 11.7. The second-order valence-electron chi connectivity index (χ2n) is 7.85. The van der Waals surface area contributed by atoms with Crippen LogP contribution in [0.1, 0.15) is 24.6 Å². The Labute approximate surface area is 164 Å². The Bertz CT molecular complexity index is 897. The Hall–Kier alpha value is -2.83. The molecule has 1 aliphatic carbocycles. The minimum Gasteiger partial charge on any atom is -0.482 e. The first-order chi connectivity index (χ1) is 13.7. The maximum absolute atomic E-state index is 12.6. The van der Waals surface area contributed by atoms with Crippen LogP contribution in [0, 0.1) is 5.92 Å². The van der Waals surface area contributed by atoms with Crippen LogP contribution in [0.5, 0.6) is 11.5 Å². The Morgan fingerprint density at radius 2 is 1.96 bits per heavy atom. The number of nitrogens with zero attached hydrogens (tertiary/aromatic N) is 3. The van der Waals surface area contributed by atoms with E-state index in [1.807, 2.05) is 31.2 Å². The lowest BCUT2D eigenvalue weighted by Crippen LogP contribution is -2.55. The average Bonchev–Trinajstić information content (AvgIpc) is 3.14. The molecule has 0 saturated carbocycles. The molecule has 1 aromatic carbocycles. The SMILES string of the molecule is CC1Oc2ccccc2OC1C(=O)NCC1CN(c2cc3c(nn2)CCC3)C1. The van der Waals surface area contributed by atoms with Crippen LogP contribution in [-0.2, 0) is 17.6 Å². The van der Waals surface area contributed by atoms with Gasteiger partial charge in [0.25, 0.3) is 5.91 Å². The summed E-state index contributed by atoms with van der Waals surface area (Å²) in [5.74, 6) is 2.54. The van der Waals surface area contributed by atoms with Gasteiger partial charge < -0.3 is 19.7 Å². The predicted octanol–water partition coefficient (Wildman–Crippen LogP) is 1.75. The van der Waals surface area contributed by atoms with E-state index in [1.54, 1.807) is 0 Å². The van der Waals surface area contributed by atoms with E-state index in [-0.39, 0.29) is 12.0 Å². The number of fused-ring (bicyclic) bond motifs is 2. The molecule has 1 saturated heterocycles. The van der Waals surface area contributed by atoms with Crippen LogP contribution >= 0.6 is 0 Å². The molecule has 1 fully saturated rings. The van der Waals surface area contributed by atoms with Gasteiger partial charge in [-0.05, 0) is 49.9 Å². The minimum absolute atomic E-state index is 0.127. The number of carbonyl (C=O) groups is 1. The fourth-order valence-corrected chi connectivity index (χ4v) is 4.11. The molecular weight excluding hydrogens is 356 g/mol. The van der Waals surface area contributed by atoms with Crippen LogP contribution < -0.4 is 19.7 Å². The minimum atomic E-state index is -0.631. The summed E-state index contributed by atoms with van der Waals surface area (Å²) >= 11 is 0. The first-order valence-electron chi connectivity index (χ1n) is 9.98. The molecule has 2 atom stereocenters. The van der Waals surface area contributed by atoms with Crippen molar-refractivity contribution in [3.8, 4) is 11.5 Å². The number of hydrogen-bond donors (Lipinski definition) is 1. The number of anilines is 1. The molecule has 2 unspecified atom stereocenters. The molecule has 2 aromatic rings. The quantitative estimate of drug-likeness (QED) is 0.871. The number of rotatable bonds is 4. The van der Waals surface area contributed by atoms with E-state index in [0.29, 0.717) is 24.0 Å². The molecule has 3 heterocycles. The van der Waals surface area contributed by atoms with Crippen molar-refractivity contribution in [3.05, 3.63) is 41.6 Å². The molecule has 5 rings (SSSR count). The van der Waals surface area contributed by atoms with Crippen LogP contribution in [0.3, 0.4) is 0 Å². The van der Waals surface area contributed by atoms with Crippen molar-refractivity contribution in [1.82, 2.24) is 15.5 Å². The highest BCUT2D eigenvalue weighted by atomic mass is 16.6. The van der Waals surface area contributed by atoms with E-state index in [2.05, 4.69) is 26.5 Å². The normalized spacial score (nSPS) is 23.1. The molecule has 2 aliphatic heterocycles. The van der Waals surface area contributed by atoms with Crippen molar-refractivity contribution in [1.29, 1.82) is 0 Å². The van der Waals surface area contributed by atoms with Crippen molar-refractivity contribution >= 4 is 11.7 Å². The van der Waals surface area contributed by atoms with Gasteiger partial charge in [-0.15, -0.1) is 5.10 Å². The van der Waals surface area contributed by atoms with Gasteiger partial charge in [0.05, 0.1) is 5.69 Å². The molecule has 7 heteroatoms. The number of aromatic nitrogens is 2. The molecule has 0 bridgehead atoms. The summed E-state index contributed by atoms with van der Waals surface area (Å²) in [5.41, 5.74) is 2.49. The smallest absolute Gasteiger partial charge is 0.265 e. The number of hydrogen-bond acceptors (Lipinski definition) is 6. The summed E-state index contributed by atoms with van der Waals surface area (Å²) in [4.78, 5) is 14.8. The number of ether oxygens (including phenoxy) is 2. The van der Waals surface area contributed by atoms with Crippen molar-refractivity contribution in [2.75, 3.05) is 24.5 Å². The van der Waals surface area contributed by atoms with Crippen molar-refractivity contribution in [2.24, 2.45) is 5.92 Å². The van der Waals surface area contributed by atoms with Crippen LogP contribution in [-0.4, -0.2) is 47.9 Å². The van der Waals surface area contributed by atoms with E-state index in [1.165, 1.54) is 12.0 Å². The lowest BCUT2D eigenvalue weighted by atomic mass is 9.99. The van der Waals surface area contributed by atoms with Gasteiger partial charge in [0.1, 0.15) is 6.10 Å². The van der Waals surface area contributed by atoms with Gasteiger partial charge in [0.2, 0.25) is 6.10 Å². The Balaban J connectivity index is 1.12. The zero-order valence-electron chi connectivity index (χ0n) is 15.9. The third-order valence-corrected chi connectivity index (χ3v) is 5.75. The van der Waals surface area contributed by atoms with Crippen LogP contribution in [0.2, 0.25) is 0 Å². The van der Waals surface area contributed by atoms with E-state index < -0.39 is 6.10 Å². The molecular formula is C21H24N4O3. The standard InChI is InChI=1S/C21H24N4O3/c1-13-20(28-18-8-3-2-7-17(18)27-13)21(26)22-10-14-11-25(12-14)19-9-15-5-4-6-16(15)23-24-19/h2-3,7-9,13-14,20H,4-6,10-12H2,1H3,(H,22,26). The zero-order chi connectivity index (χ0) is 19.1. The van der Waals surface area contributed by atoms with Gasteiger partial charge in [-0.3, -0.25) is 4.79 Å². The fourth-order valence-electron chi connectivity index (χ4n) is 4.11. The molecule has 1 amide bonds. The Kier molecular flexibility index (Phi) is 4.30. The average molecular weight is 380 g/mol. The third kappa shape index (κ3) is 3.15. The number of aryl methyl sites for hydroxylation is 2. The molecule has 0 spiro atoms. The lowest BCUT2D eigenvalue weighted by Gasteiger charge is -2.40. The van der Waals surface area contributed by atoms with Crippen molar-refractivity contribution in [2.45, 2.75) is 38.4 Å². The molecule has 0 radical (unpaired) electrons. The topological polar surface area (TPSA) is 76.6 Å². The largest absolute Gasteiger partial charge is 0.482 e. The Morgan fingerprint density at radius 3 is 2.79 bits per heavy atom. The molecule has 28 heavy (non-hydrogen) atoms. The second-order valence-corrected chi connectivity index (χ2v) is 7.85. The third-order valence-electron chi connectivity index (χ3n) is 5.75.